The van der Waals surface area contributed by atoms with Gasteiger partial charge in [-0.05, 0) is 30.5 Å². The molecule has 15 heavy (non-hydrogen) atoms. The number of hydrogen-bond acceptors (Lipinski definition) is 1. The van der Waals surface area contributed by atoms with E-state index in [1.165, 1.54) is 0 Å². The minimum absolute atomic E-state index is 0.587. The first-order valence-electron chi connectivity index (χ1n) is 4.80. The third kappa shape index (κ3) is 1.72. The van der Waals surface area contributed by atoms with Gasteiger partial charge in [-0.25, -0.2) is 0 Å². The van der Waals surface area contributed by atoms with E-state index in [2.05, 4.69) is 15.9 Å². The van der Waals surface area contributed by atoms with Crippen LogP contribution in [0.5, 0.6) is 0 Å². The molecule has 1 aromatic carbocycles. The number of rotatable bonds is 2. The van der Waals surface area contributed by atoms with Gasteiger partial charge in [0.05, 0.1) is 5.41 Å². The van der Waals surface area contributed by atoms with Crippen molar-refractivity contribution in [2.45, 2.75) is 18.3 Å². The Labute approximate surface area is 96.7 Å². The number of allylic oxidation sites excluding steroid dienone is 2. The van der Waals surface area contributed by atoms with E-state index in [0.717, 1.165) is 10.0 Å². The van der Waals surface area contributed by atoms with Crippen LogP contribution in [0, 0.1) is 0 Å². The summed E-state index contributed by atoms with van der Waals surface area (Å²) in [7, 11) is 0. The first-order chi connectivity index (χ1) is 7.15. The quantitative estimate of drug-likeness (QED) is 0.836. The third-order valence-corrected chi connectivity index (χ3v) is 3.43. The average Bonchev–Trinajstić information content (AvgIpc) is 2.69. The number of halogens is 1. The number of carboxylic acid groups (broad SMARTS) is 1. The van der Waals surface area contributed by atoms with Crippen LogP contribution in [0.25, 0.3) is 0 Å². The summed E-state index contributed by atoms with van der Waals surface area (Å²) in [5.74, 6) is -0.741. The average molecular weight is 267 g/mol. The van der Waals surface area contributed by atoms with Gasteiger partial charge in [-0.1, -0.05) is 40.2 Å². The lowest BCUT2D eigenvalue weighted by Crippen LogP contribution is -2.32. The van der Waals surface area contributed by atoms with Gasteiger partial charge in [-0.15, -0.1) is 0 Å². The number of carboxylic acids is 1. The van der Waals surface area contributed by atoms with Gasteiger partial charge in [-0.2, -0.15) is 0 Å². The predicted molar refractivity (Wildman–Crippen MR) is 61.8 cm³/mol. The van der Waals surface area contributed by atoms with Crippen molar-refractivity contribution < 1.29 is 9.90 Å². The van der Waals surface area contributed by atoms with E-state index in [-0.39, 0.29) is 0 Å². The zero-order chi connectivity index (χ0) is 10.9. The topological polar surface area (TPSA) is 37.3 Å². The van der Waals surface area contributed by atoms with E-state index < -0.39 is 11.4 Å². The smallest absolute Gasteiger partial charge is 0.314 e. The lowest BCUT2D eigenvalue weighted by atomic mass is 9.78. The van der Waals surface area contributed by atoms with E-state index >= 15 is 0 Å². The zero-order valence-corrected chi connectivity index (χ0v) is 9.70. The molecule has 0 spiro atoms. The fraction of sp³-hybridized carbons (Fsp3) is 0.250. The van der Waals surface area contributed by atoms with Crippen molar-refractivity contribution in [3.8, 4) is 0 Å². The van der Waals surface area contributed by atoms with Gasteiger partial charge in [0.1, 0.15) is 0 Å². The summed E-state index contributed by atoms with van der Waals surface area (Å²) < 4.78 is 0.970. The zero-order valence-electron chi connectivity index (χ0n) is 8.11. The molecule has 0 heterocycles. The maximum atomic E-state index is 11.4. The number of aliphatic carboxylic acids is 1. The van der Waals surface area contributed by atoms with Crippen molar-refractivity contribution >= 4 is 21.9 Å². The van der Waals surface area contributed by atoms with Gasteiger partial charge in [0.15, 0.2) is 0 Å². The number of benzene rings is 1. The van der Waals surface area contributed by atoms with Crippen LogP contribution in [0.1, 0.15) is 18.4 Å². The Morgan fingerprint density at radius 1 is 1.20 bits per heavy atom. The van der Waals surface area contributed by atoms with Crippen molar-refractivity contribution in [3.05, 3.63) is 46.5 Å². The summed E-state index contributed by atoms with van der Waals surface area (Å²) in [6, 6.07) is 7.53. The van der Waals surface area contributed by atoms with Crippen LogP contribution in [0.2, 0.25) is 0 Å². The molecular weight excluding hydrogens is 256 g/mol. The van der Waals surface area contributed by atoms with Crippen LogP contribution < -0.4 is 0 Å². The fourth-order valence-corrected chi connectivity index (χ4v) is 2.22. The molecule has 1 aliphatic rings. The van der Waals surface area contributed by atoms with Crippen LogP contribution in [0.3, 0.4) is 0 Å². The molecule has 1 N–H and O–H groups in total. The second-order valence-corrected chi connectivity index (χ2v) is 4.69. The van der Waals surface area contributed by atoms with Crippen LogP contribution >= 0.6 is 15.9 Å². The summed E-state index contributed by atoms with van der Waals surface area (Å²) in [6.45, 7) is 0. The maximum Gasteiger partial charge on any atom is 0.314 e. The van der Waals surface area contributed by atoms with Crippen molar-refractivity contribution in [1.29, 1.82) is 0 Å². The number of hydrogen-bond donors (Lipinski definition) is 1. The molecule has 78 valence electrons. The summed E-state index contributed by atoms with van der Waals surface area (Å²) in [6.07, 6.45) is 5.06. The van der Waals surface area contributed by atoms with E-state index in [1.807, 2.05) is 36.4 Å². The molecule has 2 rings (SSSR count). The van der Waals surface area contributed by atoms with Crippen molar-refractivity contribution in [1.82, 2.24) is 0 Å². The molecule has 3 heteroatoms. The van der Waals surface area contributed by atoms with E-state index in [0.29, 0.717) is 12.8 Å². The van der Waals surface area contributed by atoms with Crippen LogP contribution in [-0.4, -0.2) is 11.1 Å². The van der Waals surface area contributed by atoms with Gasteiger partial charge >= 0.3 is 5.97 Å². The maximum absolute atomic E-state index is 11.4. The highest BCUT2D eigenvalue weighted by Gasteiger charge is 2.40. The normalized spacial score (nSPS) is 17.9. The highest BCUT2D eigenvalue weighted by atomic mass is 79.9. The third-order valence-electron chi connectivity index (χ3n) is 2.91. The Morgan fingerprint density at radius 3 is 2.20 bits per heavy atom. The van der Waals surface area contributed by atoms with Gasteiger partial charge in [0, 0.05) is 4.47 Å². The molecule has 0 saturated carbocycles. The predicted octanol–water partition coefficient (Wildman–Crippen LogP) is 3.12. The molecule has 1 aliphatic carbocycles. The van der Waals surface area contributed by atoms with Crippen molar-refractivity contribution in [2.75, 3.05) is 0 Å². The number of carbonyl (C=O) groups is 1. The monoisotopic (exact) mass is 266 g/mol. The second-order valence-electron chi connectivity index (χ2n) is 3.77. The van der Waals surface area contributed by atoms with E-state index in [9.17, 15) is 9.90 Å². The van der Waals surface area contributed by atoms with Gasteiger partial charge in [-0.3, -0.25) is 4.79 Å². The Morgan fingerprint density at radius 2 is 1.73 bits per heavy atom. The first kappa shape index (κ1) is 10.4. The Balaban J connectivity index is 2.42. The molecule has 0 saturated heterocycles. The highest BCUT2D eigenvalue weighted by molar-refractivity contribution is 9.10. The fourth-order valence-electron chi connectivity index (χ4n) is 1.96. The van der Waals surface area contributed by atoms with Gasteiger partial charge in [0.2, 0.25) is 0 Å². The van der Waals surface area contributed by atoms with Crippen molar-refractivity contribution in [3.63, 3.8) is 0 Å². The molecule has 0 aliphatic heterocycles. The molecule has 2 nitrogen and oxygen atoms in total. The molecule has 0 unspecified atom stereocenters. The standard InChI is InChI=1S/C12H11BrO2/c13-10-5-3-9(4-6-10)12(11(14)15)7-1-2-8-12/h1-6H,7-8H2,(H,14,15). The van der Waals surface area contributed by atoms with Crippen LogP contribution in [-0.2, 0) is 10.2 Å². The molecule has 0 atom stereocenters. The minimum Gasteiger partial charge on any atom is -0.481 e. The highest BCUT2D eigenvalue weighted by Crippen LogP contribution is 2.37. The minimum atomic E-state index is -0.741. The van der Waals surface area contributed by atoms with Crippen LogP contribution in [0.4, 0.5) is 0 Å². The van der Waals surface area contributed by atoms with E-state index in [1.54, 1.807) is 0 Å². The summed E-state index contributed by atoms with van der Waals surface area (Å²) in [5, 5.41) is 9.33. The van der Waals surface area contributed by atoms with Crippen molar-refractivity contribution in [2.24, 2.45) is 0 Å². The molecule has 0 bridgehead atoms. The largest absolute Gasteiger partial charge is 0.481 e. The lowest BCUT2D eigenvalue weighted by molar-refractivity contribution is -0.143. The summed E-state index contributed by atoms with van der Waals surface area (Å²) in [5.41, 5.74) is 0.143. The Bertz CT molecular complexity index is 398. The lowest BCUT2D eigenvalue weighted by Gasteiger charge is -2.24. The molecular formula is C12H11BrO2. The molecule has 0 aromatic heterocycles. The van der Waals surface area contributed by atoms with Gasteiger partial charge in [0.25, 0.3) is 0 Å². The van der Waals surface area contributed by atoms with Gasteiger partial charge < -0.3 is 5.11 Å². The molecule has 1 aromatic rings. The van der Waals surface area contributed by atoms with Crippen LogP contribution in [0.15, 0.2) is 40.9 Å². The summed E-state index contributed by atoms with van der Waals surface area (Å²) >= 11 is 3.35. The second kappa shape index (κ2) is 3.81. The molecule has 0 radical (unpaired) electrons. The first-order valence-corrected chi connectivity index (χ1v) is 5.59. The van der Waals surface area contributed by atoms with E-state index in [4.69, 9.17) is 0 Å². The Hall–Kier alpha value is -1.09. The Kier molecular flexibility index (Phi) is 2.65. The molecule has 0 amide bonds. The molecule has 0 fully saturated rings. The summed E-state index contributed by atoms with van der Waals surface area (Å²) in [4.78, 5) is 11.4. The SMILES string of the molecule is O=C(O)C1(c2ccc(Br)cc2)CC=CC1.